The van der Waals surface area contributed by atoms with E-state index in [0.717, 1.165) is 30.8 Å². The summed E-state index contributed by atoms with van der Waals surface area (Å²) in [5.41, 5.74) is 7.75. The fraction of sp³-hybridized carbons (Fsp3) is 0.400. The highest BCUT2D eigenvalue weighted by atomic mass is 35.5. The number of halogens is 1. The molecule has 0 saturated heterocycles. The molecule has 0 saturated carbocycles. The quantitative estimate of drug-likeness (QED) is 0.913. The standard InChI is InChI=1S/C15H20ClN3O/c1-4-9-19-12(5-2)18-14(15(19)17)13-10(16)7-6-8-11(13)20-3/h6-8H,4-5,9,17H2,1-3H3. The first kappa shape index (κ1) is 14.7. The van der Waals surface area contributed by atoms with Crippen LogP contribution in [-0.4, -0.2) is 16.7 Å². The van der Waals surface area contributed by atoms with Gasteiger partial charge in [0, 0.05) is 13.0 Å². The lowest BCUT2D eigenvalue weighted by molar-refractivity contribution is 0.416. The Hall–Kier alpha value is -1.68. The van der Waals surface area contributed by atoms with Gasteiger partial charge in [-0.25, -0.2) is 4.98 Å². The molecule has 1 heterocycles. The number of benzene rings is 1. The molecule has 0 aliphatic rings. The van der Waals surface area contributed by atoms with Crippen LogP contribution in [0.5, 0.6) is 5.75 Å². The predicted molar refractivity (Wildman–Crippen MR) is 83.3 cm³/mol. The molecule has 2 aromatic rings. The maximum Gasteiger partial charge on any atom is 0.131 e. The fourth-order valence-electron chi connectivity index (χ4n) is 2.34. The molecule has 4 nitrogen and oxygen atoms in total. The minimum Gasteiger partial charge on any atom is -0.496 e. The molecule has 0 spiro atoms. The first-order valence-electron chi connectivity index (χ1n) is 6.81. The summed E-state index contributed by atoms with van der Waals surface area (Å²) in [6.45, 7) is 5.05. The van der Waals surface area contributed by atoms with Gasteiger partial charge in [0.1, 0.15) is 23.1 Å². The molecular weight excluding hydrogens is 274 g/mol. The average Bonchev–Trinajstić information content (AvgIpc) is 2.76. The number of imidazole rings is 1. The Balaban J connectivity index is 2.64. The molecule has 0 bridgehead atoms. The summed E-state index contributed by atoms with van der Waals surface area (Å²) in [7, 11) is 1.62. The Kier molecular flexibility index (Phi) is 4.55. The maximum atomic E-state index is 6.31. The fourth-order valence-corrected chi connectivity index (χ4v) is 2.60. The normalized spacial score (nSPS) is 10.8. The Morgan fingerprint density at radius 2 is 2.10 bits per heavy atom. The highest BCUT2D eigenvalue weighted by Crippen LogP contribution is 2.39. The Morgan fingerprint density at radius 3 is 2.70 bits per heavy atom. The Labute approximate surface area is 124 Å². The second-order valence-corrected chi connectivity index (χ2v) is 4.99. The lowest BCUT2D eigenvalue weighted by Gasteiger charge is -2.10. The van der Waals surface area contributed by atoms with Crippen molar-refractivity contribution < 1.29 is 4.74 Å². The Bertz CT molecular complexity index is 607. The summed E-state index contributed by atoms with van der Waals surface area (Å²) < 4.78 is 7.44. The molecule has 108 valence electrons. The number of rotatable bonds is 5. The van der Waals surface area contributed by atoms with Gasteiger partial charge in [-0.3, -0.25) is 0 Å². The molecule has 1 aromatic carbocycles. The van der Waals surface area contributed by atoms with Gasteiger partial charge in [-0.15, -0.1) is 0 Å². The van der Waals surface area contributed by atoms with Gasteiger partial charge in [0.05, 0.1) is 17.7 Å². The summed E-state index contributed by atoms with van der Waals surface area (Å²) in [5, 5.41) is 0.597. The third-order valence-electron chi connectivity index (χ3n) is 3.28. The van der Waals surface area contributed by atoms with E-state index in [1.54, 1.807) is 7.11 Å². The zero-order valence-corrected chi connectivity index (χ0v) is 12.9. The largest absolute Gasteiger partial charge is 0.496 e. The summed E-state index contributed by atoms with van der Waals surface area (Å²) in [4.78, 5) is 4.66. The van der Waals surface area contributed by atoms with Gasteiger partial charge in [0.15, 0.2) is 0 Å². The van der Waals surface area contributed by atoms with Crippen LogP contribution in [0.25, 0.3) is 11.3 Å². The van der Waals surface area contributed by atoms with Crippen molar-refractivity contribution in [2.45, 2.75) is 33.2 Å². The van der Waals surface area contributed by atoms with Crippen molar-refractivity contribution in [3.8, 4) is 17.0 Å². The van der Waals surface area contributed by atoms with Crippen LogP contribution in [0.15, 0.2) is 18.2 Å². The number of anilines is 1. The molecule has 0 unspecified atom stereocenters. The van der Waals surface area contributed by atoms with E-state index in [9.17, 15) is 0 Å². The van der Waals surface area contributed by atoms with Gasteiger partial charge in [0.25, 0.3) is 0 Å². The number of aryl methyl sites for hydroxylation is 1. The second-order valence-electron chi connectivity index (χ2n) is 4.58. The average molecular weight is 294 g/mol. The summed E-state index contributed by atoms with van der Waals surface area (Å²) in [5.74, 6) is 2.31. The molecule has 1 aromatic heterocycles. The van der Waals surface area contributed by atoms with Crippen LogP contribution in [0.4, 0.5) is 5.82 Å². The van der Waals surface area contributed by atoms with E-state index >= 15 is 0 Å². The first-order valence-corrected chi connectivity index (χ1v) is 7.19. The minimum atomic E-state index is 0.597. The van der Waals surface area contributed by atoms with Crippen molar-refractivity contribution in [3.63, 3.8) is 0 Å². The Morgan fingerprint density at radius 1 is 1.35 bits per heavy atom. The van der Waals surface area contributed by atoms with Crippen LogP contribution in [0.2, 0.25) is 5.02 Å². The number of ether oxygens (including phenoxy) is 1. The van der Waals surface area contributed by atoms with Crippen molar-refractivity contribution >= 4 is 17.4 Å². The highest BCUT2D eigenvalue weighted by Gasteiger charge is 2.20. The molecule has 0 aliphatic heterocycles. The van der Waals surface area contributed by atoms with Crippen molar-refractivity contribution in [2.75, 3.05) is 12.8 Å². The van der Waals surface area contributed by atoms with E-state index in [1.807, 2.05) is 18.2 Å². The molecule has 20 heavy (non-hydrogen) atoms. The number of nitrogen functional groups attached to an aromatic ring is 1. The van der Waals surface area contributed by atoms with Crippen LogP contribution in [-0.2, 0) is 13.0 Å². The summed E-state index contributed by atoms with van der Waals surface area (Å²) in [6, 6.07) is 5.54. The third kappa shape index (κ3) is 2.48. The van der Waals surface area contributed by atoms with Crippen LogP contribution < -0.4 is 10.5 Å². The smallest absolute Gasteiger partial charge is 0.131 e. The van der Waals surface area contributed by atoms with E-state index in [2.05, 4.69) is 23.4 Å². The number of hydrogen-bond acceptors (Lipinski definition) is 3. The van der Waals surface area contributed by atoms with E-state index in [4.69, 9.17) is 22.1 Å². The minimum absolute atomic E-state index is 0.597. The van der Waals surface area contributed by atoms with E-state index in [0.29, 0.717) is 22.3 Å². The van der Waals surface area contributed by atoms with E-state index < -0.39 is 0 Å². The van der Waals surface area contributed by atoms with Gasteiger partial charge >= 0.3 is 0 Å². The SMILES string of the molecule is CCCn1c(CC)nc(-c2c(Cl)cccc2OC)c1N. The topological polar surface area (TPSA) is 53.1 Å². The van der Waals surface area contributed by atoms with E-state index in [-0.39, 0.29) is 0 Å². The van der Waals surface area contributed by atoms with Crippen LogP contribution in [0.1, 0.15) is 26.1 Å². The van der Waals surface area contributed by atoms with Gasteiger partial charge in [0.2, 0.25) is 0 Å². The van der Waals surface area contributed by atoms with Gasteiger partial charge < -0.3 is 15.0 Å². The summed E-state index contributed by atoms with van der Waals surface area (Å²) >= 11 is 6.31. The third-order valence-corrected chi connectivity index (χ3v) is 3.60. The molecule has 0 atom stereocenters. The van der Waals surface area contributed by atoms with E-state index in [1.165, 1.54) is 0 Å². The lowest BCUT2D eigenvalue weighted by atomic mass is 10.1. The number of methoxy groups -OCH3 is 1. The zero-order chi connectivity index (χ0) is 14.7. The van der Waals surface area contributed by atoms with Crippen molar-refractivity contribution in [1.82, 2.24) is 9.55 Å². The first-order chi connectivity index (χ1) is 9.63. The zero-order valence-electron chi connectivity index (χ0n) is 12.1. The molecule has 0 radical (unpaired) electrons. The van der Waals surface area contributed by atoms with Crippen molar-refractivity contribution in [2.24, 2.45) is 0 Å². The van der Waals surface area contributed by atoms with Crippen molar-refractivity contribution in [3.05, 3.63) is 29.0 Å². The predicted octanol–water partition coefficient (Wildman–Crippen LogP) is 3.77. The summed E-state index contributed by atoms with van der Waals surface area (Å²) in [6.07, 6.45) is 1.84. The number of hydrogen-bond donors (Lipinski definition) is 1. The van der Waals surface area contributed by atoms with Gasteiger partial charge in [-0.1, -0.05) is 31.5 Å². The molecule has 2 rings (SSSR count). The van der Waals surface area contributed by atoms with Gasteiger partial charge in [-0.05, 0) is 18.6 Å². The molecule has 2 N–H and O–H groups in total. The highest BCUT2D eigenvalue weighted by molar-refractivity contribution is 6.33. The maximum absolute atomic E-state index is 6.31. The molecule has 0 fully saturated rings. The molecule has 0 amide bonds. The number of nitrogens with two attached hydrogens (primary N) is 1. The number of aromatic nitrogens is 2. The monoisotopic (exact) mass is 293 g/mol. The number of nitrogens with zero attached hydrogens (tertiary/aromatic N) is 2. The van der Waals surface area contributed by atoms with Gasteiger partial charge in [-0.2, -0.15) is 0 Å². The van der Waals surface area contributed by atoms with Crippen LogP contribution >= 0.6 is 11.6 Å². The lowest BCUT2D eigenvalue weighted by Crippen LogP contribution is -2.06. The second kappa shape index (κ2) is 6.18. The van der Waals surface area contributed by atoms with Crippen molar-refractivity contribution in [1.29, 1.82) is 0 Å². The van der Waals surface area contributed by atoms with Crippen LogP contribution in [0.3, 0.4) is 0 Å². The molecular formula is C15H20ClN3O. The molecule has 5 heteroatoms. The van der Waals surface area contributed by atoms with Crippen LogP contribution in [0, 0.1) is 0 Å². The molecule has 0 aliphatic carbocycles.